The van der Waals surface area contributed by atoms with Crippen LogP contribution in [-0.4, -0.2) is 72.9 Å². The second kappa shape index (κ2) is 10.0. The third kappa shape index (κ3) is 5.24. The highest BCUT2D eigenvalue weighted by molar-refractivity contribution is 7.92. The maximum atomic E-state index is 13.8. The van der Waals surface area contributed by atoms with Gasteiger partial charge in [-0.3, -0.25) is 9.52 Å². The Kier molecular flexibility index (Phi) is 6.99. The highest BCUT2D eigenvalue weighted by atomic mass is 35.5. The molecule has 0 radical (unpaired) electrons. The first-order chi connectivity index (χ1) is 17.2. The van der Waals surface area contributed by atoms with Crippen molar-refractivity contribution < 1.29 is 17.9 Å². The van der Waals surface area contributed by atoms with Crippen LogP contribution in [0.1, 0.15) is 41.4 Å². The molecule has 2 aliphatic rings. The molecule has 36 heavy (non-hydrogen) atoms. The Labute approximate surface area is 219 Å². The van der Waals surface area contributed by atoms with Gasteiger partial charge < -0.3 is 14.5 Å². The summed E-state index contributed by atoms with van der Waals surface area (Å²) in [4.78, 5) is 22.1. The van der Waals surface area contributed by atoms with Crippen molar-refractivity contribution >= 4 is 56.3 Å². The van der Waals surface area contributed by atoms with Crippen molar-refractivity contribution in [2.75, 3.05) is 48.7 Å². The average Bonchev–Trinajstić information content (AvgIpc) is 3.28. The number of amides is 1. The number of hydrogen-bond donors (Lipinski definition) is 1. The molecule has 13 heteroatoms. The molecule has 0 bridgehead atoms. The number of carbonyl (C=O) groups is 1. The molecular weight excluding hydrogens is 527 g/mol. The summed E-state index contributed by atoms with van der Waals surface area (Å²) in [5.41, 5.74) is 1.68. The summed E-state index contributed by atoms with van der Waals surface area (Å²) in [6, 6.07) is 7.87. The van der Waals surface area contributed by atoms with Gasteiger partial charge in [0.05, 0.1) is 42.5 Å². The molecule has 1 amide bonds. The number of nitrogens with one attached hydrogen (secondary N) is 1. The molecule has 5 rings (SSSR count). The molecule has 1 atom stereocenters. The van der Waals surface area contributed by atoms with Crippen LogP contribution in [0, 0.1) is 0 Å². The molecule has 0 spiro atoms. The predicted molar refractivity (Wildman–Crippen MR) is 139 cm³/mol. The fourth-order valence-corrected chi connectivity index (χ4v) is 5.68. The third-order valence-corrected chi connectivity index (χ3v) is 7.36. The number of hydrogen-bond acceptors (Lipinski definition) is 7. The number of rotatable bonds is 5. The summed E-state index contributed by atoms with van der Waals surface area (Å²) >= 11 is 12.5. The number of fused-ring (bicyclic) bond motifs is 1. The van der Waals surface area contributed by atoms with Gasteiger partial charge in [0.15, 0.2) is 5.65 Å². The third-order valence-electron chi connectivity index (χ3n) is 6.34. The van der Waals surface area contributed by atoms with Gasteiger partial charge in [0.25, 0.3) is 5.91 Å². The molecule has 0 aliphatic carbocycles. The van der Waals surface area contributed by atoms with E-state index in [0.717, 1.165) is 24.9 Å². The van der Waals surface area contributed by atoms with Crippen molar-refractivity contribution in [3.05, 3.63) is 51.8 Å². The van der Waals surface area contributed by atoms with E-state index >= 15 is 0 Å². The maximum absolute atomic E-state index is 13.8. The number of benzene rings is 1. The zero-order valence-electron chi connectivity index (χ0n) is 19.7. The Morgan fingerprint density at radius 2 is 1.89 bits per heavy atom. The molecular formula is C23H26Cl2N6O4S. The van der Waals surface area contributed by atoms with Crippen molar-refractivity contribution in [3.63, 3.8) is 0 Å². The molecule has 3 aromatic rings. The Morgan fingerprint density at radius 3 is 2.64 bits per heavy atom. The second-order valence-corrected chi connectivity index (χ2v) is 11.5. The van der Waals surface area contributed by atoms with E-state index in [1.807, 2.05) is 6.07 Å². The number of ether oxygens (including phenoxy) is 1. The maximum Gasteiger partial charge on any atom is 0.256 e. The van der Waals surface area contributed by atoms with Crippen LogP contribution in [0.25, 0.3) is 5.65 Å². The number of carbonyl (C=O) groups excluding carboxylic acids is 1. The molecule has 2 aromatic heterocycles. The van der Waals surface area contributed by atoms with E-state index < -0.39 is 10.0 Å². The van der Waals surface area contributed by atoms with Gasteiger partial charge in [-0.2, -0.15) is 9.61 Å². The van der Waals surface area contributed by atoms with Crippen LogP contribution in [0.2, 0.25) is 10.2 Å². The number of piperidine rings is 1. The zero-order valence-corrected chi connectivity index (χ0v) is 22.0. The van der Waals surface area contributed by atoms with Crippen molar-refractivity contribution in [1.82, 2.24) is 19.5 Å². The van der Waals surface area contributed by atoms with Crippen LogP contribution in [0.15, 0.2) is 30.3 Å². The second-order valence-electron chi connectivity index (χ2n) is 8.95. The van der Waals surface area contributed by atoms with Crippen LogP contribution in [0.4, 0.5) is 11.5 Å². The van der Waals surface area contributed by atoms with Gasteiger partial charge >= 0.3 is 0 Å². The SMILES string of the molecule is CS(=O)(=O)Nc1ccc(Cl)cc1C(=O)N1CCCC[C@H]1c1cc2nc(Cl)cc(N3CCOCC3)n2n1. The normalized spacial score (nSPS) is 19.0. The lowest BCUT2D eigenvalue weighted by Crippen LogP contribution is -2.39. The van der Waals surface area contributed by atoms with E-state index in [2.05, 4.69) is 14.6 Å². The van der Waals surface area contributed by atoms with E-state index in [-0.39, 0.29) is 23.2 Å². The smallest absolute Gasteiger partial charge is 0.256 e. The quantitative estimate of drug-likeness (QED) is 0.481. The Hall–Kier alpha value is -2.60. The zero-order chi connectivity index (χ0) is 25.4. The fourth-order valence-electron chi connectivity index (χ4n) is 4.75. The number of halogens is 2. The number of nitrogens with zero attached hydrogens (tertiary/aromatic N) is 5. The molecule has 0 unspecified atom stereocenters. The lowest BCUT2D eigenvalue weighted by molar-refractivity contribution is 0.0607. The summed E-state index contributed by atoms with van der Waals surface area (Å²) in [6.45, 7) is 3.16. The van der Waals surface area contributed by atoms with Crippen molar-refractivity contribution in [1.29, 1.82) is 0 Å². The molecule has 1 N–H and O–H groups in total. The van der Waals surface area contributed by atoms with Gasteiger partial charge in [-0.05, 0) is 37.5 Å². The first-order valence-corrected chi connectivity index (χ1v) is 14.3. The van der Waals surface area contributed by atoms with E-state index in [9.17, 15) is 13.2 Å². The molecule has 4 heterocycles. The number of anilines is 2. The molecule has 0 saturated carbocycles. The highest BCUT2D eigenvalue weighted by Gasteiger charge is 2.32. The standard InChI is InChI=1S/C23H26Cl2N6O4S/c1-36(33,34)28-17-6-5-15(24)12-16(17)23(32)30-7-3-2-4-19(30)18-13-21-26-20(25)14-22(31(21)27-18)29-8-10-35-11-9-29/h5-6,12-14,19,28H,2-4,7-11H2,1H3/t19-/m0/s1. The minimum Gasteiger partial charge on any atom is -0.378 e. The summed E-state index contributed by atoms with van der Waals surface area (Å²) < 4.78 is 33.5. The highest BCUT2D eigenvalue weighted by Crippen LogP contribution is 2.35. The lowest BCUT2D eigenvalue weighted by Gasteiger charge is -2.35. The minimum atomic E-state index is -3.59. The first-order valence-electron chi connectivity index (χ1n) is 11.7. The topological polar surface area (TPSA) is 109 Å². The van der Waals surface area contributed by atoms with Crippen molar-refractivity contribution in [3.8, 4) is 0 Å². The van der Waals surface area contributed by atoms with E-state index in [1.165, 1.54) is 12.1 Å². The summed E-state index contributed by atoms with van der Waals surface area (Å²) in [5, 5.41) is 5.56. The Bertz CT molecular complexity index is 1410. The van der Waals surface area contributed by atoms with E-state index in [4.69, 9.17) is 33.0 Å². The van der Waals surface area contributed by atoms with Crippen LogP contribution < -0.4 is 9.62 Å². The van der Waals surface area contributed by atoms with E-state index in [1.54, 1.807) is 21.5 Å². The molecule has 2 aliphatic heterocycles. The summed E-state index contributed by atoms with van der Waals surface area (Å²) in [6.07, 6.45) is 3.51. The summed E-state index contributed by atoms with van der Waals surface area (Å²) in [5.74, 6) is 0.507. The number of sulfonamides is 1. The molecule has 1 aromatic carbocycles. The van der Waals surface area contributed by atoms with Crippen LogP contribution in [0.5, 0.6) is 0 Å². The van der Waals surface area contributed by atoms with Gasteiger partial charge in [-0.25, -0.2) is 13.4 Å². The van der Waals surface area contributed by atoms with Crippen LogP contribution >= 0.6 is 23.2 Å². The average molecular weight is 553 g/mol. The van der Waals surface area contributed by atoms with Gasteiger partial charge in [-0.1, -0.05) is 23.2 Å². The number of morpholine rings is 1. The van der Waals surface area contributed by atoms with Crippen LogP contribution in [-0.2, 0) is 14.8 Å². The summed E-state index contributed by atoms with van der Waals surface area (Å²) in [7, 11) is -3.59. The van der Waals surface area contributed by atoms with E-state index in [0.29, 0.717) is 60.8 Å². The molecule has 192 valence electrons. The molecule has 10 nitrogen and oxygen atoms in total. The number of likely N-dealkylation sites (tertiary alicyclic amines) is 1. The predicted octanol–water partition coefficient (Wildman–Crippen LogP) is 3.61. The fraction of sp³-hybridized carbons (Fsp3) is 0.435. The lowest BCUT2D eigenvalue weighted by atomic mass is 9.98. The van der Waals surface area contributed by atoms with Gasteiger partial charge in [-0.15, -0.1) is 0 Å². The van der Waals surface area contributed by atoms with Crippen molar-refractivity contribution in [2.24, 2.45) is 0 Å². The van der Waals surface area contributed by atoms with Gasteiger partial charge in [0.2, 0.25) is 10.0 Å². The monoisotopic (exact) mass is 552 g/mol. The van der Waals surface area contributed by atoms with Crippen LogP contribution in [0.3, 0.4) is 0 Å². The first kappa shape index (κ1) is 25.1. The minimum absolute atomic E-state index is 0.189. The van der Waals surface area contributed by atoms with Gasteiger partial charge in [0.1, 0.15) is 11.0 Å². The van der Waals surface area contributed by atoms with Crippen molar-refractivity contribution in [2.45, 2.75) is 25.3 Å². The molecule has 2 saturated heterocycles. The van der Waals surface area contributed by atoms with Gasteiger partial charge in [0, 0.05) is 36.8 Å². The Balaban J connectivity index is 1.52. The number of aromatic nitrogens is 3. The largest absolute Gasteiger partial charge is 0.378 e. The molecule has 2 fully saturated rings. The Morgan fingerprint density at radius 1 is 1.11 bits per heavy atom.